The van der Waals surface area contributed by atoms with E-state index in [2.05, 4.69) is 54.3 Å². The third-order valence-electron chi connectivity index (χ3n) is 5.11. The van der Waals surface area contributed by atoms with Crippen LogP contribution >= 0.6 is 0 Å². The van der Waals surface area contributed by atoms with E-state index in [4.69, 9.17) is 4.98 Å². The second kappa shape index (κ2) is 4.07. The third kappa shape index (κ3) is 1.44. The molecule has 117 valence electrons. The first-order chi connectivity index (χ1) is 10.6. The Bertz CT molecular complexity index is 1010. The average molecular weight is 534 g/mol. The van der Waals surface area contributed by atoms with E-state index in [1.165, 1.54) is 39.3 Å². The summed E-state index contributed by atoms with van der Waals surface area (Å²) in [5.74, 6) is 1.15. The number of imidazole rings is 1. The Morgan fingerprint density at radius 1 is 1.13 bits per heavy atom. The second-order valence-corrected chi connectivity index (χ2v) is 6.43. The van der Waals surface area contributed by atoms with E-state index in [-0.39, 0.29) is 0 Å². The molecule has 2 aliphatic rings. The first-order valence-electron chi connectivity index (χ1n) is 7.75. The number of fused-ring (bicyclic) bond motifs is 7. The molecule has 23 heavy (non-hydrogen) atoms. The normalized spacial score (nSPS) is 14.7. The maximum Gasteiger partial charge on any atom is 0.234 e. The predicted molar refractivity (Wildman–Crippen MR) is 87.7 cm³/mol. The molecule has 0 N–H and O–H groups in total. The van der Waals surface area contributed by atoms with Crippen molar-refractivity contribution in [3.63, 3.8) is 0 Å². The van der Waals surface area contributed by atoms with Gasteiger partial charge in [-0.15, -0.1) is 11.1 Å². The van der Waals surface area contributed by atoms with E-state index in [9.17, 15) is 0 Å². The van der Waals surface area contributed by atoms with E-state index in [0.717, 1.165) is 24.2 Å². The summed E-state index contributed by atoms with van der Waals surface area (Å²) in [5, 5.41) is 0. The molecule has 0 fully saturated rings. The van der Waals surface area contributed by atoms with Gasteiger partial charge in [0.25, 0.3) is 0 Å². The summed E-state index contributed by atoms with van der Waals surface area (Å²) < 4.78 is 4.69. The van der Waals surface area contributed by atoms with E-state index < -0.39 is 0 Å². The van der Waals surface area contributed by atoms with Gasteiger partial charge in [-0.2, -0.15) is 18.2 Å². The van der Waals surface area contributed by atoms with Crippen LogP contribution in [0.2, 0.25) is 0 Å². The molecule has 3 nitrogen and oxygen atoms in total. The minimum absolute atomic E-state index is 0. The molecule has 0 saturated heterocycles. The summed E-state index contributed by atoms with van der Waals surface area (Å²) in [6.07, 6.45) is 1.95. The Morgan fingerprint density at radius 3 is 2.78 bits per heavy atom. The summed E-state index contributed by atoms with van der Waals surface area (Å²) >= 11 is 0. The first-order valence-corrected chi connectivity index (χ1v) is 7.75. The minimum Gasteiger partial charge on any atom is -0.346 e. The molecule has 4 heteroatoms. The van der Waals surface area contributed by atoms with Crippen molar-refractivity contribution in [3.8, 4) is 5.69 Å². The van der Waals surface area contributed by atoms with Crippen molar-refractivity contribution < 1.29 is 4.58 Å². The van der Waals surface area contributed by atoms with Crippen LogP contribution in [0.4, 0.5) is 5.69 Å². The molecule has 0 bridgehead atoms. The molecule has 0 aliphatic carbocycles. The molecular formula is C19H17BkN3. The van der Waals surface area contributed by atoms with Crippen LogP contribution in [0, 0.1) is 13.0 Å². The van der Waals surface area contributed by atoms with E-state index in [1.807, 2.05) is 6.07 Å². The van der Waals surface area contributed by atoms with Crippen LogP contribution in [0.3, 0.4) is 0 Å². The van der Waals surface area contributed by atoms with Crippen LogP contribution in [0.1, 0.15) is 29.4 Å². The zero-order valence-corrected chi connectivity index (χ0v) is 16.2. The Morgan fingerprint density at radius 2 is 1.96 bits per heavy atom. The fourth-order valence-corrected chi connectivity index (χ4v) is 3.98. The zero-order valence-electron chi connectivity index (χ0n) is 13.4. The monoisotopic (exact) mass is 534 g/mol. The van der Waals surface area contributed by atoms with Gasteiger partial charge in [0.15, 0.2) is 5.71 Å². The fraction of sp³-hybridized carbons (Fsp3) is 0.263. The number of aryl methyl sites for hydroxylation is 1. The van der Waals surface area contributed by atoms with Gasteiger partial charge in [0.2, 0.25) is 5.69 Å². The maximum atomic E-state index is 4.90. The van der Waals surface area contributed by atoms with Crippen LogP contribution in [0.15, 0.2) is 24.3 Å². The van der Waals surface area contributed by atoms with Gasteiger partial charge >= 0.3 is 0 Å². The van der Waals surface area contributed by atoms with Gasteiger partial charge in [-0.05, 0) is 12.1 Å². The van der Waals surface area contributed by atoms with E-state index >= 15 is 0 Å². The Hall–Kier alpha value is -3.42. The van der Waals surface area contributed by atoms with Crippen molar-refractivity contribution in [2.75, 3.05) is 7.05 Å². The second-order valence-electron chi connectivity index (χ2n) is 6.43. The first kappa shape index (κ1) is 13.3. The third-order valence-corrected chi connectivity index (χ3v) is 5.11. The molecule has 0 saturated carbocycles. The fourth-order valence-electron chi connectivity index (χ4n) is 3.98. The van der Waals surface area contributed by atoms with Crippen LogP contribution in [0.25, 0.3) is 16.7 Å². The SMILES string of the molecule is CC1=[N+](C)c2c(ccc3nc4n(c23)-c2c(C)[c-]ccc2C4)C1.[Bk]. The molecule has 1 radical (unpaired) electrons. The van der Waals surface area contributed by atoms with Crippen molar-refractivity contribution >= 4 is 22.4 Å². The maximum absolute atomic E-state index is 4.90. The van der Waals surface area contributed by atoms with Gasteiger partial charge in [0, 0.05) is 18.9 Å². The molecule has 0 unspecified atom stereocenters. The predicted octanol–water partition coefficient (Wildman–Crippen LogP) is 3.33. The number of hydrogen-bond acceptors (Lipinski definition) is 1. The summed E-state index contributed by atoms with van der Waals surface area (Å²) in [7, 11) is 2.17. The van der Waals surface area contributed by atoms with Gasteiger partial charge in [0.05, 0.1) is 11.9 Å². The number of hydrogen-bond donors (Lipinski definition) is 0. The number of rotatable bonds is 0. The smallest absolute Gasteiger partial charge is 0.234 e. The van der Waals surface area contributed by atoms with Crippen LogP contribution in [-0.2, 0) is 12.8 Å². The molecule has 3 aromatic rings. The van der Waals surface area contributed by atoms with Crippen LogP contribution in [-0.4, -0.2) is 26.9 Å². The molecule has 2 aromatic carbocycles. The molecular weight excluding hydrogens is 517 g/mol. The zero-order chi connectivity index (χ0) is 15.0. The van der Waals surface area contributed by atoms with Crippen molar-refractivity contribution in [1.82, 2.24) is 9.55 Å². The van der Waals surface area contributed by atoms with Gasteiger partial charge in [-0.25, -0.2) is 9.56 Å². The van der Waals surface area contributed by atoms with E-state index in [1.54, 1.807) is 0 Å². The summed E-state index contributed by atoms with van der Waals surface area (Å²) in [6, 6.07) is 12.0. The largest absolute Gasteiger partial charge is 0.346 e. The van der Waals surface area contributed by atoms with E-state index in [0.29, 0.717) is 0 Å². The molecule has 0 amide bonds. The molecule has 3 heterocycles. The summed E-state index contributed by atoms with van der Waals surface area (Å²) in [4.78, 5) is 4.90. The Balaban J connectivity index is 0.00000135. The van der Waals surface area contributed by atoms with Gasteiger partial charge in [-0.1, -0.05) is 12.6 Å². The van der Waals surface area contributed by atoms with Crippen molar-refractivity contribution in [1.29, 1.82) is 0 Å². The van der Waals surface area contributed by atoms with Crippen molar-refractivity contribution in [2.24, 2.45) is 0 Å². The van der Waals surface area contributed by atoms with Gasteiger partial charge < -0.3 is 4.57 Å². The minimum atomic E-state index is 0. The molecule has 0 atom stereocenters. The van der Waals surface area contributed by atoms with Gasteiger partial charge in [-0.3, -0.25) is 0 Å². The molecule has 0 spiro atoms. The quantitative estimate of drug-likeness (QED) is 0.251. The Labute approximate surface area is 129 Å². The van der Waals surface area contributed by atoms with Crippen molar-refractivity contribution in [3.05, 3.63) is 52.8 Å². The number of nitrogens with zero attached hydrogens (tertiary/aromatic N) is 3. The number of benzene rings is 2. The standard InChI is InChI=1S/C19H17N3.Bk/c1-11-5-4-6-13-10-16-20-15-8-7-14-9-12(2)21(3)18(14)19(15)22(16)17(11)13;/h4,6-8H,9-10H2,1-3H3;. The Kier molecular flexibility index (Phi) is 2.34. The molecule has 2 aliphatic heterocycles. The van der Waals surface area contributed by atoms with Crippen LogP contribution in [0.5, 0.6) is 0 Å². The summed E-state index contributed by atoms with van der Waals surface area (Å²) in [6.45, 7) is 4.35. The summed E-state index contributed by atoms with van der Waals surface area (Å²) in [5.41, 5.74) is 10.3. The number of aromatic nitrogens is 2. The molecule has 5 rings (SSSR count). The van der Waals surface area contributed by atoms with Gasteiger partial charge in [0.1, 0.15) is 18.4 Å². The molecule has 1 aromatic heterocycles. The van der Waals surface area contributed by atoms with Crippen LogP contribution < -0.4 is 0 Å². The van der Waals surface area contributed by atoms with Crippen molar-refractivity contribution in [2.45, 2.75) is 26.7 Å². The topological polar surface area (TPSA) is 20.8 Å². The average Bonchev–Trinajstić information content (AvgIpc) is 3.10.